The highest BCUT2D eigenvalue weighted by molar-refractivity contribution is 7.98. The van der Waals surface area contributed by atoms with E-state index in [-0.39, 0.29) is 11.7 Å². The summed E-state index contributed by atoms with van der Waals surface area (Å²) in [6.45, 7) is 1.76. The molecule has 2 aromatic carbocycles. The smallest absolute Gasteiger partial charge is 0.258 e. The average molecular weight is 426 g/mol. The van der Waals surface area contributed by atoms with E-state index >= 15 is 0 Å². The van der Waals surface area contributed by atoms with E-state index in [0.717, 1.165) is 4.90 Å². The zero-order valence-corrected chi connectivity index (χ0v) is 16.9. The van der Waals surface area contributed by atoms with Crippen LogP contribution in [0.2, 0.25) is 0 Å². The van der Waals surface area contributed by atoms with Crippen LogP contribution in [0.15, 0.2) is 63.3 Å². The van der Waals surface area contributed by atoms with Crippen LogP contribution in [0.1, 0.15) is 22.1 Å². The lowest BCUT2D eigenvalue weighted by atomic mass is 10.2. The Kier molecular flexibility index (Phi) is 5.68. The Morgan fingerprint density at radius 1 is 1.21 bits per heavy atom. The highest BCUT2D eigenvalue weighted by Crippen LogP contribution is 2.28. The van der Waals surface area contributed by atoms with Crippen LogP contribution < -0.4 is 5.32 Å². The molecule has 0 aliphatic heterocycles. The fourth-order valence-electron chi connectivity index (χ4n) is 2.59. The van der Waals surface area contributed by atoms with E-state index in [0.29, 0.717) is 39.4 Å². The predicted molar refractivity (Wildman–Crippen MR) is 110 cm³/mol. The van der Waals surface area contributed by atoms with Gasteiger partial charge in [-0.05, 0) is 31.2 Å². The first-order chi connectivity index (χ1) is 14.1. The summed E-state index contributed by atoms with van der Waals surface area (Å²) in [6, 6.07) is 13.5. The van der Waals surface area contributed by atoms with Gasteiger partial charge in [-0.2, -0.15) is 4.98 Å². The van der Waals surface area contributed by atoms with Crippen molar-refractivity contribution in [3.63, 3.8) is 0 Å². The summed E-state index contributed by atoms with van der Waals surface area (Å²) in [5.41, 5.74) is 1.79. The van der Waals surface area contributed by atoms with Crippen molar-refractivity contribution < 1.29 is 13.7 Å². The van der Waals surface area contributed by atoms with Crippen molar-refractivity contribution in [2.45, 2.75) is 17.6 Å². The molecule has 1 amide bonds. The molecule has 0 unspecified atom stereocenters. The van der Waals surface area contributed by atoms with Gasteiger partial charge in [0.05, 0.1) is 17.0 Å². The number of amides is 1. The molecule has 0 fully saturated rings. The van der Waals surface area contributed by atoms with Crippen LogP contribution >= 0.6 is 23.1 Å². The van der Waals surface area contributed by atoms with Crippen LogP contribution in [0, 0.1) is 12.7 Å². The summed E-state index contributed by atoms with van der Waals surface area (Å²) >= 11 is 2.73. The molecule has 6 nitrogen and oxygen atoms in total. The minimum atomic E-state index is -0.330. The van der Waals surface area contributed by atoms with Gasteiger partial charge in [0.1, 0.15) is 5.82 Å². The quantitative estimate of drug-likeness (QED) is 0.428. The maximum absolute atomic E-state index is 13.4. The molecule has 4 aromatic rings. The van der Waals surface area contributed by atoms with Crippen LogP contribution in [0.3, 0.4) is 0 Å². The number of carbonyl (C=O) groups is 1. The van der Waals surface area contributed by atoms with Crippen LogP contribution in [0.5, 0.6) is 0 Å². The highest BCUT2D eigenvalue weighted by Gasteiger charge is 2.15. The van der Waals surface area contributed by atoms with Crippen molar-refractivity contribution in [2.75, 3.05) is 5.32 Å². The zero-order valence-electron chi connectivity index (χ0n) is 15.3. The van der Waals surface area contributed by atoms with Crippen LogP contribution in [-0.2, 0) is 5.75 Å². The third-order valence-electron chi connectivity index (χ3n) is 3.90. The Bertz CT molecular complexity index is 1160. The van der Waals surface area contributed by atoms with Crippen molar-refractivity contribution in [3.05, 3.63) is 77.0 Å². The van der Waals surface area contributed by atoms with Gasteiger partial charge in [-0.1, -0.05) is 29.4 Å². The molecule has 1 N–H and O–H groups in total. The van der Waals surface area contributed by atoms with Crippen molar-refractivity contribution >= 4 is 34.1 Å². The van der Waals surface area contributed by atoms with Crippen molar-refractivity contribution in [1.29, 1.82) is 0 Å². The number of thiazole rings is 1. The molecule has 29 heavy (non-hydrogen) atoms. The Balaban J connectivity index is 1.47. The van der Waals surface area contributed by atoms with Gasteiger partial charge in [-0.25, -0.2) is 9.37 Å². The molecule has 2 aromatic heterocycles. The van der Waals surface area contributed by atoms with E-state index in [1.54, 1.807) is 36.6 Å². The molecule has 146 valence electrons. The molecule has 9 heteroatoms. The molecular weight excluding hydrogens is 411 g/mol. The third kappa shape index (κ3) is 4.69. The second kappa shape index (κ2) is 8.54. The van der Waals surface area contributed by atoms with E-state index in [4.69, 9.17) is 4.52 Å². The summed E-state index contributed by atoms with van der Waals surface area (Å²) in [5.74, 6) is 0.942. The maximum Gasteiger partial charge on any atom is 0.258 e. The van der Waals surface area contributed by atoms with Gasteiger partial charge in [0.15, 0.2) is 11.0 Å². The van der Waals surface area contributed by atoms with Gasteiger partial charge in [-0.3, -0.25) is 10.1 Å². The number of thioether (sulfide) groups is 1. The number of nitrogens with zero attached hydrogens (tertiary/aromatic N) is 3. The summed E-state index contributed by atoms with van der Waals surface area (Å²) < 4.78 is 18.5. The summed E-state index contributed by atoms with van der Waals surface area (Å²) in [6.07, 6.45) is 0. The Morgan fingerprint density at radius 2 is 2.07 bits per heavy atom. The van der Waals surface area contributed by atoms with E-state index in [1.165, 1.54) is 35.2 Å². The molecule has 0 bridgehead atoms. The number of aryl methyl sites for hydroxylation is 1. The monoisotopic (exact) mass is 426 g/mol. The van der Waals surface area contributed by atoms with Gasteiger partial charge in [0, 0.05) is 15.8 Å². The Morgan fingerprint density at radius 3 is 2.86 bits per heavy atom. The maximum atomic E-state index is 13.4. The first-order valence-corrected chi connectivity index (χ1v) is 10.5. The van der Waals surface area contributed by atoms with Crippen molar-refractivity contribution in [2.24, 2.45) is 0 Å². The van der Waals surface area contributed by atoms with Crippen LogP contribution in [0.4, 0.5) is 9.52 Å². The molecule has 0 saturated heterocycles. The zero-order chi connectivity index (χ0) is 20.2. The molecule has 2 heterocycles. The predicted octanol–water partition coefficient (Wildman–Crippen LogP) is 5.19. The fraction of sp³-hybridized carbons (Fsp3) is 0.100. The molecule has 0 atom stereocenters. The third-order valence-corrected chi connectivity index (χ3v) is 5.71. The Hall–Kier alpha value is -3.04. The molecule has 0 saturated carbocycles. The molecule has 0 aliphatic rings. The van der Waals surface area contributed by atoms with E-state index in [1.807, 2.05) is 12.1 Å². The van der Waals surface area contributed by atoms with Gasteiger partial charge in [0.2, 0.25) is 5.89 Å². The largest absolute Gasteiger partial charge is 0.338 e. The van der Waals surface area contributed by atoms with Gasteiger partial charge < -0.3 is 4.52 Å². The average Bonchev–Trinajstić information content (AvgIpc) is 3.35. The van der Waals surface area contributed by atoms with E-state index in [2.05, 4.69) is 20.4 Å². The summed E-state index contributed by atoms with van der Waals surface area (Å²) in [7, 11) is 0. The van der Waals surface area contributed by atoms with Crippen LogP contribution in [-0.4, -0.2) is 21.0 Å². The normalized spacial score (nSPS) is 10.8. The SMILES string of the molecule is Cc1noc(CSc2ccccc2C(=O)Nc2nc(-c3cccc(F)c3)cs2)n1. The van der Waals surface area contributed by atoms with Crippen molar-refractivity contribution in [3.8, 4) is 11.3 Å². The molecular formula is C20H15FN4O2S2. The lowest BCUT2D eigenvalue weighted by molar-refractivity contribution is 0.102. The van der Waals surface area contributed by atoms with Gasteiger partial charge in [-0.15, -0.1) is 23.1 Å². The number of halogens is 1. The number of rotatable bonds is 6. The Labute approximate surface area is 174 Å². The number of anilines is 1. The topological polar surface area (TPSA) is 80.9 Å². The second-order valence-corrected chi connectivity index (χ2v) is 7.90. The first-order valence-electron chi connectivity index (χ1n) is 8.62. The van der Waals surface area contributed by atoms with E-state index < -0.39 is 0 Å². The number of carbonyl (C=O) groups excluding carboxylic acids is 1. The summed E-state index contributed by atoms with van der Waals surface area (Å²) in [5, 5.41) is 8.81. The van der Waals surface area contributed by atoms with Gasteiger partial charge in [0.25, 0.3) is 5.91 Å². The van der Waals surface area contributed by atoms with Crippen molar-refractivity contribution in [1.82, 2.24) is 15.1 Å². The lowest BCUT2D eigenvalue weighted by Crippen LogP contribution is -2.12. The first kappa shape index (κ1) is 19.3. The number of nitrogens with one attached hydrogen (secondary N) is 1. The second-order valence-electron chi connectivity index (χ2n) is 6.02. The molecule has 4 rings (SSSR count). The van der Waals surface area contributed by atoms with E-state index in [9.17, 15) is 9.18 Å². The number of hydrogen-bond donors (Lipinski definition) is 1. The standard InChI is InChI=1S/C20H15FN4O2S2/c1-12-22-18(27-25-12)11-28-17-8-3-2-7-15(17)19(26)24-20-23-16(10-29-20)13-5-4-6-14(21)9-13/h2-10H,11H2,1H3,(H,23,24,26). The van der Waals surface area contributed by atoms with Crippen LogP contribution in [0.25, 0.3) is 11.3 Å². The molecule has 0 spiro atoms. The molecule has 0 radical (unpaired) electrons. The number of aromatic nitrogens is 3. The minimum absolute atomic E-state index is 0.269. The minimum Gasteiger partial charge on any atom is -0.338 e. The van der Waals surface area contributed by atoms with Gasteiger partial charge >= 0.3 is 0 Å². The number of benzene rings is 2. The summed E-state index contributed by atoms with van der Waals surface area (Å²) in [4.78, 5) is 22.1. The fourth-order valence-corrected chi connectivity index (χ4v) is 4.20. The highest BCUT2D eigenvalue weighted by atomic mass is 32.2. The lowest BCUT2D eigenvalue weighted by Gasteiger charge is -2.07. The number of hydrogen-bond acceptors (Lipinski definition) is 7. The molecule has 0 aliphatic carbocycles.